The van der Waals surface area contributed by atoms with Gasteiger partial charge in [0.05, 0.1) is 13.1 Å². The molecule has 0 aliphatic heterocycles. The Morgan fingerprint density at radius 1 is 0.808 bits per heavy atom. The molecule has 0 atom stereocenters. The normalized spacial score (nSPS) is 10.6. The Morgan fingerprint density at radius 3 is 1.69 bits per heavy atom. The van der Waals surface area contributed by atoms with Crippen molar-refractivity contribution in [3.8, 4) is 0 Å². The van der Waals surface area contributed by atoms with Crippen molar-refractivity contribution >= 4 is 34.2 Å². The van der Waals surface area contributed by atoms with E-state index in [1.54, 1.807) is 50.2 Å². The molecule has 2 amide bonds. The van der Waals surface area contributed by atoms with Crippen molar-refractivity contribution in [2.45, 2.75) is 20.8 Å². The Morgan fingerprint density at radius 2 is 1.27 bits per heavy atom. The zero-order valence-electron chi connectivity index (χ0n) is 15.1. The Bertz CT molecular complexity index is 871. The standard InChI is InChI=1S/C20H22N2O4/c1-12(2)18(24)11-22-20(26)17-7-5-14-8-16(6-4-15(14)9-17)19(25)21-10-13(3)23/h4-9,12H,10-11H2,1-3H3,(H,21,25)(H,22,26). The van der Waals surface area contributed by atoms with Crippen LogP contribution in [-0.4, -0.2) is 36.5 Å². The van der Waals surface area contributed by atoms with Gasteiger partial charge in [0.15, 0.2) is 5.78 Å². The lowest BCUT2D eigenvalue weighted by molar-refractivity contribution is -0.121. The van der Waals surface area contributed by atoms with Crippen LogP contribution in [0.1, 0.15) is 41.5 Å². The lowest BCUT2D eigenvalue weighted by Gasteiger charge is -2.08. The van der Waals surface area contributed by atoms with Gasteiger partial charge in [0.25, 0.3) is 11.8 Å². The fourth-order valence-electron chi connectivity index (χ4n) is 2.31. The SMILES string of the molecule is CC(=O)CNC(=O)c1ccc2cc(C(=O)NCC(=O)C(C)C)ccc2c1. The Labute approximate surface area is 152 Å². The van der Waals surface area contributed by atoms with E-state index in [1.165, 1.54) is 6.92 Å². The first-order chi connectivity index (χ1) is 12.3. The summed E-state index contributed by atoms with van der Waals surface area (Å²) >= 11 is 0. The summed E-state index contributed by atoms with van der Waals surface area (Å²) in [4.78, 5) is 46.8. The third kappa shape index (κ3) is 4.99. The minimum Gasteiger partial charge on any atom is -0.345 e. The molecule has 6 heteroatoms. The zero-order chi connectivity index (χ0) is 19.3. The van der Waals surface area contributed by atoms with Crippen LogP contribution in [0.5, 0.6) is 0 Å². The highest BCUT2D eigenvalue weighted by molar-refractivity contribution is 6.03. The van der Waals surface area contributed by atoms with Crippen LogP contribution >= 0.6 is 0 Å². The third-order valence-corrected chi connectivity index (χ3v) is 3.93. The summed E-state index contributed by atoms with van der Waals surface area (Å²) in [6.07, 6.45) is 0. The van der Waals surface area contributed by atoms with Crippen LogP contribution in [-0.2, 0) is 9.59 Å². The maximum Gasteiger partial charge on any atom is 0.251 e. The molecule has 0 aliphatic rings. The van der Waals surface area contributed by atoms with E-state index in [2.05, 4.69) is 10.6 Å². The number of carbonyl (C=O) groups excluding carboxylic acids is 4. The van der Waals surface area contributed by atoms with Gasteiger partial charge in [-0.25, -0.2) is 0 Å². The van der Waals surface area contributed by atoms with E-state index in [1.807, 2.05) is 0 Å². The molecule has 2 rings (SSSR count). The van der Waals surface area contributed by atoms with Crippen molar-refractivity contribution < 1.29 is 19.2 Å². The lowest BCUT2D eigenvalue weighted by atomic mass is 10.0. The quantitative estimate of drug-likeness (QED) is 0.796. The van der Waals surface area contributed by atoms with Crippen molar-refractivity contribution in [2.75, 3.05) is 13.1 Å². The number of benzene rings is 2. The second-order valence-corrected chi connectivity index (χ2v) is 6.47. The van der Waals surface area contributed by atoms with Crippen molar-refractivity contribution in [1.82, 2.24) is 10.6 Å². The molecular weight excluding hydrogens is 332 g/mol. The van der Waals surface area contributed by atoms with E-state index < -0.39 is 0 Å². The predicted octanol–water partition coefficient (Wildman–Crippen LogP) is 2.11. The van der Waals surface area contributed by atoms with Crippen LogP contribution in [0.15, 0.2) is 36.4 Å². The number of Topliss-reactive ketones (excluding diaryl/α,β-unsaturated/α-hetero) is 2. The van der Waals surface area contributed by atoms with Gasteiger partial charge in [0.1, 0.15) is 5.78 Å². The minimum absolute atomic E-state index is 0.00376. The van der Waals surface area contributed by atoms with Gasteiger partial charge in [0.2, 0.25) is 0 Å². The first kappa shape index (κ1) is 19.3. The molecule has 0 bridgehead atoms. The zero-order valence-corrected chi connectivity index (χ0v) is 15.1. The highest BCUT2D eigenvalue weighted by Crippen LogP contribution is 2.18. The summed E-state index contributed by atoms with van der Waals surface area (Å²) in [6, 6.07) is 10.2. The number of amides is 2. The first-order valence-corrected chi connectivity index (χ1v) is 8.40. The van der Waals surface area contributed by atoms with E-state index in [0.717, 1.165) is 10.8 Å². The van der Waals surface area contributed by atoms with Gasteiger partial charge >= 0.3 is 0 Å². The number of hydrogen-bond donors (Lipinski definition) is 2. The smallest absolute Gasteiger partial charge is 0.251 e. The Kier molecular flexibility index (Phi) is 6.22. The number of hydrogen-bond acceptors (Lipinski definition) is 4. The molecule has 0 saturated heterocycles. The number of carbonyl (C=O) groups is 4. The van der Waals surface area contributed by atoms with Crippen LogP contribution < -0.4 is 10.6 Å². The predicted molar refractivity (Wildman–Crippen MR) is 99.1 cm³/mol. The molecule has 0 heterocycles. The summed E-state index contributed by atoms with van der Waals surface area (Å²) < 4.78 is 0. The van der Waals surface area contributed by atoms with Crippen molar-refractivity contribution in [3.05, 3.63) is 47.5 Å². The molecule has 2 aromatic rings. The molecule has 0 radical (unpaired) electrons. The van der Waals surface area contributed by atoms with Gasteiger partial charge in [-0.05, 0) is 42.0 Å². The fourth-order valence-corrected chi connectivity index (χ4v) is 2.31. The first-order valence-electron chi connectivity index (χ1n) is 8.40. The molecule has 0 fully saturated rings. The molecular formula is C20H22N2O4. The van der Waals surface area contributed by atoms with E-state index in [9.17, 15) is 19.2 Å². The third-order valence-electron chi connectivity index (χ3n) is 3.93. The van der Waals surface area contributed by atoms with Gasteiger partial charge in [-0.1, -0.05) is 26.0 Å². The van der Waals surface area contributed by atoms with E-state index in [-0.39, 0.29) is 42.4 Å². The Balaban J connectivity index is 2.13. The molecule has 0 unspecified atom stereocenters. The summed E-state index contributed by atoms with van der Waals surface area (Å²) in [5.74, 6) is -0.911. The van der Waals surface area contributed by atoms with Crippen molar-refractivity contribution in [2.24, 2.45) is 5.92 Å². The maximum absolute atomic E-state index is 12.2. The number of ketones is 2. The van der Waals surface area contributed by atoms with Crippen LogP contribution in [0.25, 0.3) is 10.8 Å². The number of rotatable bonds is 7. The Hall–Kier alpha value is -3.02. The topological polar surface area (TPSA) is 92.3 Å². The molecule has 2 aromatic carbocycles. The van der Waals surface area contributed by atoms with Gasteiger partial charge in [-0.3, -0.25) is 19.2 Å². The van der Waals surface area contributed by atoms with Gasteiger partial charge in [-0.15, -0.1) is 0 Å². The van der Waals surface area contributed by atoms with E-state index in [0.29, 0.717) is 11.1 Å². The molecule has 0 aliphatic carbocycles. The van der Waals surface area contributed by atoms with Crippen LogP contribution in [0.4, 0.5) is 0 Å². The van der Waals surface area contributed by atoms with Crippen LogP contribution in [0.2, 0.25) is 0 Å². The molecule has 2 N–H and O–H groups in total. The van der Waals surface area contributed by atoms with E-state index in [4.69, 9.17) is 0 Å². The van der Waals surface area contributed by atoms with Gasteiger partial charge in [-0.2, -0.15) is 0 Å². The largest absolute Gasteiger partial charge is 0.345 e. The molecule has 26 heavy (non-hydrogen) atoms. The summed E-state index contributed by atoms with van der Waals surface area (Å²) in [5, 5.41) is 6.76. The van der Waals surface area contributed by atoms with Crippen LogP contribution in [0.3, 0.4) is 0 Å². The number of fused-ring (bicyclic) bond motifs is 1. The summed E-state index contributed by atoms with van der Waals surface area (Å²) in [6.45, 7) is 4.97. The minimum atomic E-state index is -0.323. The maximum atomic E-state index is 12.2. The van der Waals surface area contributed by atoms with Gasteiger partial charge < -0.3 is 10.6 Å². The average Bonchev–Trinajstić information content (AvgIpc) is 2.62. The highest BCUT2D eigenvalue weighted by atomic mass is 16.2. The van der Waals surface area contributed by atoms with E-state index >= 15 is 0 Å². The second kappa shape index (κ2) is 8.38. The highest BCUT2D eigenvalue weighted by Gasteiger charge is 2.12. The molecule has 136 valence electrons. The summed E-state index contributed by atoms with van der Waals surface area (Å²) in [5.41, 5.74) is 0.890. The number of nitrogens with one attached hydrogen (secondary N) is 2. The van der Waals surface area contributed by atoms with Crippen molar-refractivity contribution in [3.63, 3.8) is 0 Å². The second-order valence-electron chi connectivity index (χ2n) is 6.47. The molecule has 6 nitrogen and oxygen atoms in total. The molecule has 0 spiro atoms. The monoisotopic (exact) mass is 354 g/mol. The van der Waals surface area contributed by atoms with Gasteiger partial charge in [0, 0.05) is 17.0 Å². The van der Waals surface area contributed by atoms with Crippen molar-refractivity contribution in [1.29, 1.82) is 0 Å². The fraction of sp³-hybridized carbons (Fsp3) is 0.300. The molecule has 0 saturated carbocycles. The average molecular weight is 354 g/mol. The summed E-state index contributed by atoms with van der Waals surface area (Å²) in [7, 11) is 0. The lowest BCUT2D eigenvalue weighted by Crippen LogP contribution is -2.31. The van der Waals surface area contributed by atoms with Crippen LogP contribution in [0, 0.1) is 5.92 Å². The molecule has 0 aromatic heterocycles.